The number of rotatable bonds is 66. The summed E-state index contributed by atoms with van der Waals surface area (Å²) in [6.45, 7) is 8.76. The van der Waals surface area contributed by atoms with Crippen LogP contribution in [-0.2, 0) is 140 Å². The van der Waals surface area contributed by atoms with E-state index in [-0.39, 0.29) is 39.6 Å². The van der Waals surface area contributed by atoms with Gasteiger partial charge < -0.3 is 94.7 Å². The lowest BCUT2D eigenvalue weighted by atomic mass is 10.2. The summed E-state index contributed by atoms with van der Waals surface area (Å²) >= 11 is 0. The van der Waals surface area contributed by atoms with Gasteiger partial charge >= 0.3 is 11.9 Å². The first kappa shape index (κ1) is 102. The van der Waals surface area contributed by atoms with E-state index in [1.54, 1.807) is 0 Å². The van der Waals surface area contributed by atoms with Crippen molar-refractivity contribution in [2.75, 3.05) is 79.3 Å². The van der Waals surface area contributed by atoms with Gasteiger partial charge in [0.2, 0.25) is 0 Å². The van der Waals surface area contributed by atoms with Gasteiger partial charge in [-0.05, 0) is 151 Å². The van der Waals surface area contributed by atoms with E-state index in [2.05, 4.69) is 0 Å². The highest BCUT2D eigenvalue weighted by molar-refractivity contribution is 5.91. The molecule has 0 aromatic heterocycles. The Morgan fingerprint density at radius 2 is 0.284 bits per heavy atom. The summed E-state index contributed by atoms with van der Waals surface area (Å²) in [6, 6.07) is 115. The highest BCUT2D eigenvalue weighted by Gasteiger charge is 2.17. The molecule has 0 fully saturated rings. The van der Waals surface area contributed by atoms with Crippen LogP contribution in [-0.4, -0.2) is 91.2 Å². The zero-order valence-electron chi connectivity index (χ0n) is 79.8. The number of hydrogen-bond donors (Lipinski definition) is 0. The van der Waals surface area contributed by atoms with Gasteiger partial charge in [0.25, 0.3) is 0 Å². The Balaban J connectivity index is 0.527. The molecule has 0 aliphatic heterocycles. The Morgan fingerprint density at radius 1 is 0.142 bits per heavy atom. The lowest BCUT2D eigenvalue weighted by Gasteiger charge is -2.14. The normalized spacial score (nSPS) is 11.0. The number of esters is 2. The topological polar surface area (TPSA) is 219 Å². The molecule has 0 spiro atoms. The van der Waals surface area contributed by atoms with E-state index in [1.165, 1.54) is 0 Å². The largest absolute Gasteiger partial charge is 0.493 e. The molecule has 0 radical (unpaired) electrons. The van der Waals surface area contributed by atoms with Gasteiger partial charge in [-0.2, -0.15) is 0 Å². The molecule has 0 saturated heterocycles. The standard InChI is InChI=1S/C119H124O22/c120-118(132-57-29-51-126-78-100-59-106(128-53-25-47-122-80-102-63-110(134-84-92-31-9-1-10-32-92)73-111(64-102)135-85-93-33-11-2-12-34-93)71-107(60-100)129-54-26-48-123-81-103-65-112(136-86-94-35-13-3-14-36-94)74-113(66-103)137-87-95-37-15-4-16-38-95)77-119(121)133-58-30-52-127-79-101-61-108(130-55-27-49-124-82-104-67-114(138-88-96-39-17-5-18-40-96)75-115(68-104)139-89-97-41-19-6-20-42-97)72-109(62-101)131-56-28-50-125-83-105-69-116(140-90-98-43-21-7-22-44-98)76-117(70-105)141-91-99-45-23-8-24-46-99/h1-24,31-46,59-76H,25-30,47-58,77-91H2. The molecule has 732 valence electrons. The van der Waals surface area contributed by atoms with Gasteiger partial charge in [-0.15, -0.1) is 0 Å². The van der Waals surface area contributed by atoms with Gasteiger partial charge in [-0.1, -0.05) is 243 Å². The molecular formula is C119H124O22. The fraction of sp³-hybridized carbons (Fsp3) is 0.277. The van der Waals surface area contributed by atoms with Crippen LogP contribution in [0.15, 0.2) is 352 Å². The summed E-state index contributed by atoms with van der Waals surface area (Å²) in [5, 5.41) is 0. The monoisotopic (exact) mass is 1900 g/mol. The van der Waals surface area contributed by atoms with Gasteiger partial charge in [0.05, 0.1) is 119 Å². The van der Waals surface area contributed by atoms with Crippen molar-refractivity contribution in [3.05, 3.63) is 430 Å². The van der Waals surface area contributed by atoms with Crippen LogP contribution in [0.4, 0.5) is 0 Å². The summed E-state index contributed by atoms with van der Waals surface area (Å²) in [5.41, 5.74) is 13.7. The number of carbonyl (C=O) groups excluding carboxylic acids is 2. The van der Waals surface area contributed by atoms with Crippen LogP contribution in [0.2, 0.25) is 0 Å². The number of benzene rings is 14. The third-order valence-electron chi connectivity index (χ3n) is 21.7. The Morgan fingerprint density at radius 3 is 0.440 bits per heavy atom. The highest BCUT2D eigenvalue weighted by Crippen LogP contribution is 2.33. The predicted molar refractivity (Wildman–Crippen MR) is 539 cm³/mol. The van der Waals surface area contributed by atoms with Crippen LogP contribution in [0.1, 0.15) is 123 Å². The van der Waals surface area contributed by atoms with E-state index in [0.29, 0.717) is 240 Å². The van der Waals surface area contributed by atoms with Crippen LogP contribution >= 0.6 is 0 Å². The highest BCUT2D eigenvalue weighted by atomic mass is 16.6. The van der Waals surface area contributed by atoms with Crippen molar-refractivity contribution in [3.8, 4) is 69.0 Å². The van der Waals surface area contributed by atoms with E-state index < -0.39 is 18.4 Å². The van der Waals surface area contributed by atoms with Crippen molar-refractivity contribution >= 4 is 11.9 Å². The minimum absolute atomic E-state index is 0.0305. The van der Waals surface area contributed by atoms with E-state index in [1.807, 2.05) is 352 Å². The molecular weight excluding hydrogens is 1780 g/mol. The van der Waals surface area contributed by atoms with E-state index in [9.17, 15) is 9.59 Å². The predicted octanol–water partition coefficient (Wildman–Crippen LogP) is 24.3. The first-order valence-corrected chi connectivity index (χ1v) is 48.1. The molecule has 14 aromatic carbocycles. The molecule has 14 rings (SSSR count). The Kier molecular flexibility index (Phi) is 43.2. The zero-order chi connectivity index (χ0) is 96.7. The molecule has 0 aliphatic carbocycles. The van der Waals surface area contributed by atoms with Crippen molar-refractivity contribution < 1.29 is 104 Å². The summed E-state index contributed by atoms with van der Waals surface area (Å²) in [4.78, 5) is 25.9. The summed E-state index contributed by atoms with van der Waals surface area (Å²) in [5.74, 6) is 6.44. The second-order valence-corrected chi connectivity index (χ2v) is 33.5. The third-order valence-corrected chi connectivity index (χ3v) is 21.7. The van der Waals surface area contributed by atoms with Gasteiger partial charge in [0, 0.05) is 74.9 Å². The smallest absolute Gasteiger partial charge is 0.317 e. The van der Waals surface area contributed by atoms with Crippen molar-refractivity contribution in [2.45, 2.75) is 137 Å². The molecule has 0 heterocycles. The van der Waals surface area contributed by atoms with Crippen LogP contribution in [0.3, 0.4) is 0 Å². The summed E-state index contributed by atoms with van der Waals surface area (Å²) < 4.78 is 124. The van der Waals surface area contributed by atoms with E-state index in [0.717, 1.165) is 77.9 Å². The van der Waals surface area contributed by atoms with Crippen LogP contribution in [0.25, 0.3) is 0 Å². The molecule has 141 heavy (non-hydrogen) atoms. The third kappa shape index (κ3) is 39.7. The molecule has 0 N–H and O–H groups in total. The maximum Gasteiger partial charge on any atom is 0.317 e. The Hall–Kier alpha value is -14.6. The molecule has 0 aliphatic rings. The Labute approximate surface area is 827 Å². The zero-order valence-corrected chi connectivity index (χ0v) is 79.8. The van der Waals surface area contributed by atoms with Gasteiger partial charge in [0.1, 0.15) is 128 Å². The maximum absolute atomic E-state index is 12.9. The molecule has 0 bridgehead atoms. The first-order valence-electron chi connectivity index (χ1n) is 48.1. The fourth-order valence-electron chi connectivity index (χ4n) is 14.7. The molecule has 22 heteroatoms. The average Bonchev–Trinajstić information content (AvgIpc) is 0.920. The van der Waals surface area contributed by atoms with E-state index >= 15 is 0 Å². The number of hydrogen-bond acceptors (Lipinski definition) is 22. The first-order chi connectivity index (χ1) is 69.6. The van der Waals surface area contributed by atoms with Crippen LogP contribution < -0.4 is 56.8 Å². The van der Waals surface area contributed by atoms with Gasteiger partial charge in [-0.25, -0.2) is 0 Å². The lowest BCUT2D eigenvalue weighted by Crippen LogP contribution is -2.16. The van der Waals surface area contributed by atoms with Crippen molar-refractivity contribution in [2.24, 2.45) is 0 Å². The van der Waals surface area contributed by atoms with Crippen LogP contribution in [0, 0.1) is 0 Å². The number of ether oxygens (including phenoxy) is 20. The molecule has 0 atom stereocenters. The fourth-order valence-corrected chi connectivity index (χ4v) is 14.7. The molecule has 0 unspecified atom stereocenters. The Bertz CT molecular complexity index is 4990. The number of carbonyl (C=O) groups is 2. The van der Waals surface area contributed by atoms with Crippen molar-refractivity contribution in [1.29, 1.82) is 0 Å². The summed E-state index contributed by atoms with van der Waals surface area (Å²) in [7, 11) is 0. The molecule has 22 nitrogen and oxygen atoms in total. The minimum Gasteiger partial charge on any atom is -0.493 e. The van der Waals surface area contributed by atoms with Crippen molar-refractivity contribution in [3.63, 3.8) is 0 Å². The van der Waals surface area contributed by atoms with Crippen LogP contribution in [0.5, 0.6) is 69.0 Å². The van der Waals surface area contributed by atoms with Gasteiger partial charge in [-0.3, -0.25) is 9.59 Å². The average molecular weight is 1910 g/mol. The molecule has 0 saturated carbocycles. The summed E-state index contributed by atoms with van der Waals surface area (Å²) in [6.07, 6.45) is 2.58. The quantitative estimate of drug-likeness (QED) is 0.0196. The maximum atomic E-state index is 12.9. The second kappa shape index (κ2) is 59.6. The second-order valence-electron chi connectivity index (χ2n) is 33.5. The molecule has 14 aromatic rings. The SMILES string of the molecule is O=C(CC(=O)OCCCOCc1cc(OCCCOCc2cc(OCc3ccccc3)cc(OCc3ccccc3)c2)cc(OCCCOCc2cc(OCc3ccccc3)cc(OCc3ccccc3)c2)c1)OCCCOCc1cc(OCCCOCc2cc(OCc3ccccc3)cc(OCc3ccccc3)c2)cc(OCCCOCc2cc(OCc3ccccc3)cc(OCc3ccccc3)c2)c1. The lowest BCUT2D eigenvalue weighted by molar-refractivity contribution is -0.155. The molecule has 0 amide bonds. The van der Waals surface area contributed by atoms with Crippen molar-refractivity contribution in [1.82, 2.24) is 0 Å². The minimum atomic E-state index is -0.705. The van der Waals surface area contributed by atoms with Gasteiger partial charge in [0.15, 0.2) is 0 Å². The van der Waals surface area contributed by atoms with E-state index in [4.69, 9.17) is 94.7 Å².